The fraction of sp³-hybridized carbons (Fsp3) is 0.676. The molecule has 0 bridgehead atoms. The van der Waals surface area contributed by atoms with Crippen LogP contribution >= 0.6 is 0 Å². The summed E-state index contributed by atoms with van der Waals surface area (Å²) in [6.07, 6.45) is 20.1. The van der Waals surface area contributed by atoms with E-state index in [0.717, 1.165) is 48.8 Å². The van der Waals surface area contributed by atoms with Crippen LogP contribution in [0.2, 0.25) is 0 Å². The van der Waals surface area contributed by atoms with Crippen molar-refractivity contribution in [3.8, 4) is 0 Å². The van der Waals surface area contributed by atoms with Crippen molar-refractivity contribution < 1.29 is 39.0 Å². The molecular formula is C37H56N2O8. The lowest BCUT2D eigenvalue weighted by molar-refractivity contribution is -0.153. The second-order valence-electron chi connectivity index (χ2n) is 14.0. The number of carbonyl (C=O) groups excluding carboxylic acids is 4. The Morgan fingerprint density at radius 1 is 0.745 bits per heavy atom. The molecule has 1 saturated heterocycles. The van der Waals surface area contributed by atoms with Gasteiger partial charge in [0.05, 0.1) is 11.1 Å². The summed E-state index contributed by atoms with van der Waals surface area (Å²) in [6, 6.07) is 1.28. The van der Waals surface area contributed by atoms with Gasteiger partial charge in [0.25, 0.3) is 5.91 Å². The first-order valence-corrected chi connectivity index (χ1v) is 17.6. The molecule has 2 atom stereocenters. The van der Waals surface area contributed by atoms with Gasteiger partial charge in [-0.05, 0) is 24.6 Å². The zero-order chi connectivity index (χ0) is 35.0. The van der Waals surface area contributed by atoms with Crippen LogP contribution < -0.4 is 5.32 Å². The van der Waals surface area contributed by atoms with Crippen LogP contribution in [0, 0.1) is 11.3 Å². The van der Waals surface area contributed by atoms with Gasteiger partial charge in [-0.25, -0.2) is 9.59 Å². The summed E-state index contributed by atoms with van der Waals surface area (Å²) in [5.74, 6) is -6.29. The third-order valence-electron chi connectivity index (χ3n) is 8.87. The lowest BCUT2D eigenvalue weighted by atomic mass is 9.85. The molecule has 0 saturated carbocycles. The molecule has 0 aromatic heterocycles. The number of hydrogen-bond acceptors (Lipinski definition) is 6. The maximum Gasteiger partial charge on any atom is 0.335 e. The van der Waals surface area contributed by atoms with E-state index in [1.165, 1.54) is 77.0 Å². The number of Topliss-reactive ketones (excluding diaryl/α,β-unsaturated/α-hetero) is 1. The Morgan fingerprint density at radius 2 is 1.17 bits per heavy atom. The number of hydrogen-bond donors (Lipinski definition) is 3. The molecule has 3 amide bonds. The summed E-state index contributed by atoms with van der Waals surface area (Å²) in [5, 5.41) is 21.1. The van der Waals surface area contributed by atoms with Gasteiger partial charge in [-0.1, -0.05) is 130 Å². The van der Waals surface area contributed by atoms with E-state index in [0.29, 0.717) is 6.42 Å². The van der Waals surface area contributed by atoms with Crippen LogP contribution in [0.4, 0.5) is 5.69 Å². The summed E-state index contributed by atoms with van der Waals surface area (Å²) < 4.78 is 0. The van der Waals surface area contributed by atoms with Crippen molar-refractivity contribution in [2.75, 3.05) is 5.32 Å². The smallest absolute Gasteiger partial charge is 0.335 e. The van der Waals surface area contributed by atoms with E-state index in [1.807, 2.05) is 0 Å². The van der Waals surface area contributed by atoms with Crippen molar-refractivity contribution in [1.29, 1.82) is 0 Å². The SMILES string of the molecule is CCCCCCCCCCCCCCCCCCC1CC(=O)N(C(C(=O)Nc2cc(C(=O)O)cc(C(=O)O)c2)C(=O)C(C)(C)C)C1=O. The Balaban J connectivity index is 1.86. The number of benzene rings is 1. The first-order chi connectivity index (χ1) is 22.3. The van der Waals surface area contributed by atoms with Gasteiger partial charge in [0.2, 0.25) is 11.8 Å². The summed E-state index contributed by atoms with van der Waals surface area (Å²) in [5.41, 5.74) is -2.04. The van der Waals surface area contributed by atoms with E-state index in [4.69, 9.17) is 0 Å². The molecule has 1 heterocycles. The summed E-state index contributed by atoms with van der Waals surface area (Å²) in [7, 11) is 0. The Bertz CT molecular complexity index is 1200. The van der Waals surface area contributed by atoms with Crippen molar-refractivity contribution >= 4 is 41.1 Å². The molecule has 2 rings (SSSR count). The molecule has 1 aliphatic heterocycles. The number of nitrogens with zero attached hydrogens (tertiary/aromatic N) is 1. The van der Waals surface area contributed by atoms with E-state index < -0.39 is 52.8 Å². The number of carboxylic acid groups (broad SMARTS) is 2. The highest BCUT2D eigenvalue weighted by atomic mass is 16.4. The Morgan fingerprint density at radius 3 is 1.57 bits per heavy atom. The third kappa shape index (κ3) is 13.2. The molecule has 0 aliphatic carbocycles. The van der Waals surface area contributed by atoms with Gasteiger partial charge in [0.1, 0.15) is 0 Å². The predicted molar refractivity (Wildman–Crippen MR) is 181 cm³/mol. The summed E-state index contributed by atoms with van der Waals surface area (Å²) >= 11 is 0. The maximum atomic E-state index is 13.5. The van der Waals surface area contributed by atoms with Crippen LogP contribution in [-0.4, -0.2) is 56.6 Å². The van der Waals surface area contributed by atoms with Crippen molar-refractivity contribution in [2.45, 2.75) is 149 Å². The largest absolute Gasteiger partial charge is 0.478 e. The van der Waals surface area contributed by atoms with Crippen LogP contribution in [-0.2, 0) is 19.2 Å². The van der Waals surface area contributed by atoms with Gasteiger partial charge in [-0.2, -0.15) is 0 Å². The van der Waals surface area contributed by atoms with Crippen LogP contribution in [0.5, 0.6) is 0 Å². The molecule has 1 aromatic rings. The normalized spacial score (nSPS) is 15.6. The highest BCUT2D eigenvalue weighted by Gasteiger charge is 2.49. The lowest BCUT2D eigenvalue weighted by Crippen LogP contribution is -2.55. The Kier molecular flexibility index (Phi) is 16.8. The van der Waals surface area contributed by atoms with Gasteiger partial charge in [-0.3, -0.25) is 24.1 Å². The topological polar surface area (TPSA) is 158 Å². The zero-order valence-electron chi connectivity index (χ0n) is 28.9. The van der Waals surface area contributed by atoms with Gasteiger partial charge < -0.3 is 15.5 Å². The van der Waals surface area contributed by atoms with E-state index in [9.17, 15) is 39.0 Å². The number of carbonyl (C=O) groups is 6. The molecular weight excluding hydrogens is 600 g/mol. The molecule has 3 N–H and O–H groups in total. The van der Waals surface area contributed by atoms with Gasteiger partial charge >= 0.3 is 11.9 Å². The minimum atomic E-state index is -1.77. The van der Waals surface area contributed by atoms with E-state index in [2.05, 4.69) is 12.2 Å². The number of carboxylic acids is 2. The van der Waals surface area contributed by atoms with E-state index in [-0.39, 0.29) is 23.2 Å². The molecule has 262 valence electrons. The molecule has 10 heteroatoms. The first-order valence-electron chi connectivity index (χ1n) is 17.6. The fourth-order valence-electron chi connectivity index (χ4n) is 6.07. The number of anilines is 1. The molecule has 10 nitrogen and oxygen atoms in total. The molecule has 0 radical (unpaired) electrons. The van der Waals surface area contributed by atoms with Crippen LogP contribution in [0.1, 0.15) is 164 Å². The second-order valence-corrected chi connectivity index (χ2v) is 14.0. The second kappa shape index (κ2) is 20.0. The molecule has 1 aliphatic rings. The van der Waals surface area contributed by atoms with E-state index in [1.54, 1.807) is 20.8 Å². The van der Waals surface area contributed by atoms with Gasteiger partial charge in [0, 0.05) is 23.4 Å². The Labute approximate surface area is 280 Å². The minimum absolute atomic E-state index is 0.0869. The number of aromatic carboxylic acids is 2. The number of imide groups is 1. The maximum absolute atomic E-state index is 13.5. The predicted octanol–water partition coefficient (Wildman–Crippen LogP) is 8.03. The number of rotatable bonds is 23. The molecule has 0 spiro atoms. The third-order valence-corrected chi connectivity index (χ3v) is 8.87. The number of ketones is 1. The highest BCUT2D eigenvalue weighted by Crippen LogP contribution is 2.31. The van der Waals surface area contributed by atoms with Gasteiger partial charge in [0.15, 0.2) is 11.8 Å². The number of amides is 3. The van der Waals surface area contributed by atoms with Gasteiger partial charge in [-0.15, -0.1) is 0 Å². The summed E-state index contributed by atoms with van der Waals surface area (Å²) in [6.45, 7) is 6.96. The van der Waals surface area contributed by atoms with Crippen LogP contribution in [0.3, 0.4) is 0 Å². The standard InChI is InChI=1S/C37H56N2O8/c1-5-6-7-8-9-10-11-12-13-14-15-16-17-18-19-20-21-26-25-30(40)39(34(26)43)31(32(41)37(2,3)4)33(42)38-29-23-27(35(44)45)22-28(24-29)36(46)47/h22-24,26,31H,5-21,25H2,1-4H3,(H,38,42)(H,44,45)(H,46,47). The van der Waals surface area contributed by atoms with Crippen LogP contribution in [0.25, 0.3) is 0 Å². The lowest BCUT2D eigenvalue weighted by Gasteiger charge is -2.30. The van der Waals surface area contributed by atoms with Crippen LogP contribution in [0.15, 0.2) is 18.2 Å². The molecule has 1 fully saturated rings. The Hall–Kier alpha value is -3.56. The highest BCUT2D eigenvalue weighted by molar-refractivity contribution is 6.19. The number of nitrogens with one attached hydrogen (secondary N) is 1. The molecule has 2 unspecified atom stereocenters. The average Bonchev–Trinajstić information content (AvgIpc) is 3.28. The average molecular weight is 657 g/mol. The molecule has 47 heavy (non-hydrogen) atoms. The zero-order valence-corrected chi connectivity index (χ0v) is 28.9. The van der Waals surface area contributed by atoms with Crippen molar-refractivity contribution in [3.63, 3.8) is 0 Å². The number of unbranched alkanes of at least 4 members (excludes halogenated alkanes) is 15. The summed E-state index contributed by atoms with van der Waals surface area (Å²) in [4.78, 5) is 77.3. The van der Waals surface area contributed by atoms with Crippen molar-refractivity contribution in [1.82, 2.24) is 4.90 Å². The van der Waals surface area contributed by atoms with Crippen molar-refractivity contribution in [2.24, 2.45) is 11.3 Å². The molecule has 1 aromatic carbocycles. The monoisotopic (exact) mass is 656 g/mol. The van der Waals surface area contributed by atoms with E-state index >= 15 is 0 Å². The van der Waals surface area contributed by atoms with Crippen molar-refractivity contribution in [3.05, 3.63) is 29.3 Å². The number of likely N-dealkylation sites (tertiary alicyclic amines) is 1. The fourth-order valence-corrected chi connectivity index (χ4v) is 6.07. The minimum Gasteiger partial charge on any atom is -0.478 e. The quantitative estimate of drug-likeness (QED) is 0.0607. The first kappa shape index (κ1) is 39.6.